The Morgan fingerprint density at radius 3 is 2.85 bits per heavy atom. The zero-order valence-electron chi connectivity index (χ0n) is 13.9. The minimum absolute atomic E-state index is 0.0526. The van der Waals surface area contributed by atoms with Gasteiger partial charge in [0.25, 0.3) is 11.5 Å². The number of aromatic nitrogens is 2. The van der Waals surface area contributed by atoms with Crippen molar-refractivity contribution in [2.24, 2.45) is 5.92 Å². The van der Waals surface area contributed by atoms with E-state index in [1.165, 1.54) is 6.20 Å². The first kappa shape index (κ1) is 17.2. The summed E-state index contributed by atoms with van der Waals surface area (Å²) in [7, 11) is 0. The van der Waals surface area contributed by atoms with Gasteiger partial charge in [0, 0.05) is 43.5 Å². The Morgan fingerprint density at radius 2 is 2.08 bits per heavy atom. The minimum atomic E-state index is -0.300. The lowest BCUT2D eigenvalue weighted by atomic mass is 9.83. The normalized spacial score (nSPS) is 21.0. The lowest BCUT2D eigenvalue weighted by molar-refractivity contribution is 0.0967. The molecule has 8 heteroatoms. The highest BCUT2D eigenvalue weighted by Gasteiger charge is 2.35. The summed E-state index contributed by atoms with van der Waals surface area (Å²) in [5.74, 6) is 0.281. The topological polar surface area (TPSA) is 67.2 Å². The van der Waals surface area contributed by atoms with E-state index in [2.05, 4.69) is 10.3 Å². The summed E-state index contributed by atoms with van der Waals surface area (Å²) in [4.78, 5) is 30.4. The van der Waals surface area contributed by atoms with Gasteiger partial charge in [-0.3, -0.25) is 14.9 Å². The fourth-order valence-electron chi connectivity index (χ4n) is 3.82. The highest BCUT2D eigenvalue weighted by Crippen LogP contribution is 2.34. The number of nitrogens with one attached hydrogen (secondary N) is 1. The number of halogens is 1. The van der Waals surface area contributed by atoms with Gasteiger partial charge in [-0.2, -0.15) is 0 Å². The second-order valence-corrected chi connectivity index (χ2v) is 7.51. The maximum Gasteiger partial charge on any atom is 0.258 e. The average Bonchev–Trinajstić information content (AvgIpc) is 2.63. The van der Waals surface area contributed by atoms with Crippen molar-refractivity contribution in [2.45, 2.75) is 18.9 Å². The monoisotopic (exact) mass is 388 g/mol. The van der Waals surface area contributed by atoms with Gasteiger partial charge in [-0.1, -0.05) is 17.7 Å². The maximum atomic E-state index is 12.3. The molecule has 2 atom stereocenters. The Hall–Kier alpha value is -2.25. The standard InChI is InChI=1S/C18H17ClN4O2S/c19-15-5-4-12(7-20-15)17(25)21-18(26)22-8-11-6-13(10-22)14-2-1-3-16(24)23(14)9-11/h1-5,7,11,13H,6,8-10H2,(H,21,25,26)/t11-,13-/m0/s1. The number of carbonyl (C=O) groups excluding carboxylic acids is 1. The van der Waals surface area contributed by atoms with Crippen LogP contribution >= 0.6 is 23.8 Å². The third-order valence-electron chi connectivity index (χ3n) is 4.98. The Labute approximate surface area is 160 Å². The molecule has 0 radical (unpaired) electrons. The van der Waals surface area contributed by atoms with Crippen molar-refractivity contribution in [1.82, 2.24) is 19.8 Å². The molecule has 0 saturated carbocycles. The Morgan fingerprint density at radius 1 is 1.23 bits per heavy atom. The predicted octanol–water partition coefficient (Wildman–Crippen LogP) is 2.03. The number of hydrogen-bond donors (Lipinski definition) is 1. The van der Waals surface area contributed by atoms with E-state index in [0.717, 1.165) is 18.7 Å². The van der Waals surface area contributed by atoms with Crippen LogP contribution in [0.2, 0.25) is 5.15 Å². The molecule has 1 saturated heterocycles. The average molecular weight is 389 g/mol. The van der Waals surface area contributed by atoms with Gasteiger partial charge >= 0.3 is 0 Å². The highest BCUT2D eigenvalue weighted by atomic mass is 35.5. The predicted molar refractivity (Wildman–Crippen MR) is 102 cm³/mol. The largest absolute Gasteiger partial charge is 0.348 e. The second kappa shape index (κ2) is 6.81. The molecule has 4 heterocycles. The molecule has 2 aromatic rings. The minimum Gasteiger partial charge on any atom is -0.348 e. The summed E-state index contributed by atoms with van der Waals surface area (Å²) in [5, 5.41) is 3.52. The fraction of sp³-hybridized carbons (Fsp3) is 0.333. The Bertz CT molecular complexity index is 928. The molecule has 0 aromatic carbocycles. The van der Waals surface area contributed by atoms with Gasteiger partial charge < -0.3 is 9.47 Å². The summed E-state index contributed by atoms with van der Waals surface area (Å²) in [6.07, 6.45) is 2.46. The smallest absolute Gasteiger partial charge is 0.258 e. The molecule has 0 spiro atoms. The van der Waals surface area contributed by atoms with Crippen molar-refractivity contribution < 1.29 is 4.79 Å². The molecule has 1 amide bonds. The molecule has 0 aliphatic carbocycles. The van der Waals surface area contributed by atoms with E-state index in [1.807, 2.05) is 15.5 Å². The van der Waals surface area contributed by atoms with Crippen LogP contribution in [0.3, 0.4) is 0 Å². The summed E-state index contributed by atoms with van der Waals surface area (Å²) in [6, 6.07) is 8.60. The molecule has 6 nitrogen and oxygen atoms in total. The number of fused-ring (bicyclic) bond motifs is 4. The number of rotatable bonds is 1. The molecular weight excluding hydrogens is 372 g/mol. The van der Waals surface area contributed by atoms with Crippen molar-refractivity contribution in [3.8, 4) is 0 Å². The number of nitrogens with zero attached hydrogens (tertiary/aromatic N) is 3. The lowest BCUT2D eigenvalue weighted by Gasteiger charge is -2.43. The van der Waals surface area contributed by atoms with E-state index in [-0.39, 0.29) is 17.4 Å². The van der Waals surface area contributed by atoms with Crippen molar-refractivity contribution >= 4 is 34.8 Å². The van der Waals surface area contributed by atoms with E-state index in [4.69, 9.17) is 23.8 Å². The van der Waals surface area contributed by atoms with Gasteiger partial charge in [0.05, 0.1) is 5.56 Å². The van der Waals surface area contributed by atoms with Crippen LogP contribution in [0, 0.1) is 5.92 Å². The zero-order chi connectivity index (χ0) is 18.3. The van der Waals surface area contributed by atoms with E-state index in [0.29, 0.717) is 34.8 Å². The first-order chi connectivity index (χ1) is 12.5. The van der Waals surface area contributed by atoms with E-state index in [9.17, 15) is 9.59 Å². The van der Waals surface area contributed by atoms with Crippen molar-refractivity contribution in [2.75, 3.05) is 13.1 Å². The number of pyridine rings is 2. The first-order valence-electron chi connectivity index (χ1n) is 8.43. The first-order valence-corrected chi connectivity index (χ1v) is 9.21. The van der Waals surface area contributed by atoms with E-state index in [1.54, 1.807) is 24.3 Å². The van der Waals surface area contributed by atoms with Crippen molar-refractivity contribution in [1.29, 1.82) is 0 Å². The van der Waals surface area contributed by atoms with Crippen LogP contribution in [-0.2, 0) is 6.54 Å². The van der Waals surface area contributed by atoms with E-state index < -0.39 is 0 Å². The number of thiocarbonyl (C=S) groups is 1. The second-order valence-electron chi connectivity index (χ2n) is 6.73. The Kier molecular flexibility index (Phi) is 4.50. The molecule has 2 aromatic heterocycles. The molecular formula is C18H17ClN4O2S. The van der Waals surface area contributed by atoms with Crippen LogP contribution in [0.1, 0.15) is 28.4 Å². The third kappa shape index (κ3) is 3.24. The van der Waals surface area contributed by atoms with Gasteiger partial charge in [-0.05, 0) is 42.8 Å². The Balaban J connectivity index is 1.48. The number of carbonyl (C=O) groups is 1. The summed E-state index contributed by atoms with van der Waals surface area (Å²) < 4.78 is 1.87. The molecule has 2 bridgehead atoms. The summed E-state index contributed by atoms with van der Waals surface area (Å²) >= 11 is 11.2. The molecule has 4 rings (SSSR count). The van der Waals surface area contributed by atoms with Crippen molar-refractivity contribution in [3.05, 3.63) is 63.3 Å². The molecule has 26 heavy (non-hydrogen) atoms. The molecule has 1 fully saturated rings. The molecule has 134 valence electrons. The third-order valence-corrected chi connectivity index (χ3v) is 5.56. The van der Waals surface area contributed by atoms with Gasteiger partial charge in [-0.15, -0.1) is 0 Å². The summed E-state index contributed by atoms with van der Waals surface area (Å²) in [5.41, 5.74) is 1.51. The molecule has 2 aliphatic rings. The van der Waals surface area contributed by atoms with Crippen molar-refractivity contribution in [3.63, 3.8) is 0 Å². The number of piperidine rings is 1. The van der Waals surface area contributed by atoms with Crippen LogP contribution in [0.5, 0.6) is 0 Å². The van der Waals surface area contributed by atoms with Crippen LogP contribution < -0.4 is 10.9 Å². The number of hydrogen-bond acceptors (Lipinski definition) is 4. The van der Waals surface area contributed by atoms with Gasteiger partial charge in [0.1, 0.15) is 5.15 Å². The SMILES string of the molecule is O=C(NC(=S)N1C[C@@H]2C[C@@H](C1)c1cccc(=O)n1C2)c1ccc(Cl)nc1. The highest BCUT2D eigenvalue weighted by molar-refractivity contribution is 7.80. The van der Waals surface area contributed by atoms with Gasteiger partial charge in [0.15, 0.2) is 5.11 Å². The van der Waals surface area contributed by atoms with Crippen LogP contribution in [0.25, 0.3) is 0 Å². The zero-order valence-corrected chi connectivity index (χ0v) is 15.5. The molecule has 1 N–H and O–H groups in total. The number of amides is 1. The van der Waals surface area contributed by atoms with Gasteiger partial charge in [0.2, 0.25) is 0 Å². The van der Waals surface area contributed by atoms with Crippen LogP contribution in [0.15, 0.2) is 41.3 Å². The van der Waals surface area contributed by atoms with Crippen LogP contribution in [0.4, 0.5) is 0 Å². The molecule has 2 aliphatic heterocycles. The molecule has 0 unspecified atom stereocenters. The van der Waals surface area contributed by atoms with Crippen LogP contribution in [-0.4, -0.2) is 38.6 Å². The fourth-order valence-corrected chi connectivity index (χ4v) is 4.17. The lowest BCUT2D eigenvalue weighted by Crippen LogP contribution is -2.52. The summed E-state index contributed by atoms with van der Waals surface area (Å²) in [6.45, 7) is 2.12. The number of likely N-dealkylation sites (tertiary alicyclic amines) is 1. The van der Waals surface area contributed by atoms with E-state index >= 15 is 0 Å². The quantitative estimate of drug-likeness (QED) is 0.598. The maximum absolute atomic E-state index is 12.3. The van der Waals surface area contributed by atoms with Gasteiger partial charge in [-0.25, -0.2) is 4.98 Å².